The molecule has 1 heterocycles. The molecule has 1 fully saturated rings. The number of nitrogens with zero attached hydrogens (tertiary/aromatic N) is 2. The van der Waals surface area contributed by atoms with Crippen molar-refractivity contribution in [3.63, 3.8) is 0 Å². The molecule has 0 aliphatic carbocycles. The highest BCUT2D eigenvalue weighted by atomic mass is 16.5. The van der Waals surface area contributed by atoms with Crippen molar-refractivity contribution in [1.82, 2.24) is 9.80 Å². The van der Waals surface area contributed by atoms with Crippen LogP contribution in [0, 0.1) is 5.92 Å². The predicted octanol–water partition coefficient (Wildman–Crippen LogP) is 2.77. The van der Waals surface area contributed by atoms with E-state index in [4.69, 9.17) is 4.74 Å². The average Bonchev–Trinajstić information content (AvgIpc) is 2.48. The molecule has 1 saturated heterocycles. The summed E-state index contributed by atoms with van der Waals surface area (Å²) in [6.07, 6.45) is 6.20. The van der Waals surface area contributed by atoms with Crippen molar-refractivity contribution < 1.29 is 9.53 Å². The van der Waals surface area contributed by atoms with Gasteiger partial charge < -0.3 is 14.5 Å². The molecule has 1 aliphatic rings. The molecule has 0 aromatic rings. The molecule has 4 heteroatoms. The number of hydrogen-bond donors (Lipinski definition) is 0. The van der Waals surface area contributed by atoms with E-state index in [0.717, 1.165) is 64.8 Å². The fraction of sp³-hybridized carbons (Fsp3) is 0.941. The summed E-state index contributed by atoms with van der Waals surface area (Å²) in [5, 5.41) is 0. The number of carbonyl (C=O) groups excluding carboxylic acids is 1. The zero-order chi connectivity index (χ0) is 15.7. The van der Waals surface area contributed by atoms with E-state index in [9.17, 15) is 4.79 Å². The van der Waals surface area contributed by atoms with Crippen molar-refractivity contribution in [1.29, 1.82) is 0 Å². The highest BCUT2D eigenvalue weighted by Gasteiger charge is 2.29. The summed E-state index contributed by atoms with van der Waals surface area (Å²) >= 11 is 0. The summed E-state index contributed by atoms with van der Waals surface area (Å²) in [6.45, 7) is 7.73. The minimum Gasteiger partial charge on any atom is -0.381 e. The van der Waals surface area contributed by atoms with E-state index in [1.807, 2.05) is 0 Å². The third-order valence-electron chi connectivity index (χ3n) is 4.33. The molecule has 21 heavy (non-hydrogen) atoms. The Labute approximate surface area is 130 Å². The molecule has 0 aromatic carbocycles. The molecule has 0 bridgehead atoms. The Kier molecular flexibility index (Phi) is 8.93. The van der Waals surface area contributed by atoms with Crippen LogP contribution in [0.3, 0.4) is 0 Å². The van der Waals surface area contributed by atoms with Gasteiger partial charge in [-0.05, 0) is 39.8 Å². The van der Waals surface area contributed by atoms with Crippen LogP contribution in [0.15, 0.2) is 0 Å². The van der Waals surface area contributed by atoms with Gasteiger partial charge in [0, 0.05) is 38.3 Å². The molecule has 1 aliphatic heterocycles. The van der Waals surface area contributed by atoms with E-state index in [1.54, 1.807) is 0 Å². The van der Waals surface area contributed by atoms with E-state index >= 15 is 0 Å². The van der Waals surface area contributed by atoms with Crippen LogP contribution in [0.4, 0.5) is 0 Å². The smallest absolute Gasteiger partial charge is 0.225 e. The number of carbonyl (C=O) groups is 1. The second kappa shape index (κ2) is 10.2. The van der Waals surface area contributed by atoms with Gasteiger partial charge >= 0.3 is 0 Å². The zero-order valence-corrected chi connectivity index (χ0v) is 14.4. The van der Waals surface area contributed by atoms with Crippen molar-refractivity contribution in [3.8, 4) is 0 Å². The number of rotatable bonds is 9. The summed E-state index contributed by atoms with van der Waals surface area (Å²) in [4.78, 5) is 17.3. The van der Waals surface area contributed by atoms with Crippen LogP contribution in [-0.4, -0.2) is 62.1 Å². The first-order valence-electron chi connectivity index (χ1n) is 8.63. The topological polar surface area (TPSA) is 32.8 Å². The van der Waals surface area contributed by atoms with Crippen LogP contribution < -0.4 is 0 Å². The zero-order valence-electron chi connectivity index (χ0n) is 14.4. The summed E-state index contributed by atoms with van der Waals surface area (Å²) < 4.78 is 5.46. The summed E-state index contributed by atoms with van der Waals surface area (Å²) in [6, 6.07) is 0.377. The Hall–Kier alpha value is -0.610. The Morgan fingerprint density at radius 2 is 1.67 bits per heavy atom. The maximum absolute atomic E-state index is 13.0. The minimum absolute atomic E-state index is 0.213. The monoisotopic (exact) mass is 298 g/mol. The van der Waals surface area contributed by atoms with Crippen LogP contribution in [0.25, 0.3) is 0 Å². The SMILES string of the molecule is CCCC(CCC)C(=O)N(CCN(C)C)C1CCOCC1. The van der Waals surface area contributed by atoms with Gasteiger partial charge in [0.2, 0.25) is 5.91 Å². The molecule has 0 atom stereocenters. The molecule has 0 N–H and O–H groups in total. The lowest BCUT2D eigenvalue weighted by Gasteiger charge is -2.37. The third-order valence-corrected chi connectivity index (χ3v) is 4.33. The van der Waals surface area contributed by atoms with Gasteiger partial charge in [-0.2, -0.15) is 0 Å². The number of amides is 1. The van der Waals surface area contributed by atoms with Crippen LogP contribution in [-0.2, 0) is 9.53 Å². The summed E-state index contributed by atoms with van der Waals surface area (Å²) in [5.74, 6) is 0.595. The Morgan fingerprint density at radius 1 is 1.10 bits per heavy atom. The Bertz CT molecular complexity index is 283. The van der Waals surface area contributed by atoms with Crippen LogP contribution in [0.2, 0.25) is 0 Å². The fourth-order valence-electron chi connectivity index (χ4n) is 3.10. The standard InChI is InChI=1S/C17H34N2O2/c1-5-7-15(8-6-2)17(20)19(12-11-18(3)4)16-9-13-21-14-10-16/h15-16H,5-14H2,1-4H3. The largest absolute Gasteiger partial charge is 0.381 e. The average molecular weight is 298 g/mol. The van der Waals surface area contributed by atoms with Crippen LogP contribution in [0.1, 0.15) is 52.4 Å². The van der Waals surface area contributed by atoms with Gasteiger partial charge in [0.05, 0.1) is 0 Å². The molecule has 0 radical (unpaired) electrons. The van der Waals surface area contributed by atoms with E-state index in [1.165, 1.54) is 0 Å². The van der Waals surface area contributed by atoms with Gasteiger partial charge in [-0.15, -0.1) is 0 Å². The Balaban J connectivity index is 2.73. The molecule has 0 spiro atoms. The minimum atomic E-state index is 0.213. The molecule has 1 rings (SSSR count). The van der Waals surface area contributed by atoms with Crippen molar-refractivity contribution in [2.24, 2.45) is 5.92 Å². The third kappa shape index (κ3) is 6.35. The molecule has 124 valence electrons. The lowest BCUT2D eigenvalue weighted by molar-refractivity contribution is -0.140. The summed E-state index contributed by atoms with van der Waals surface area (Å²) in [5.41, 5.74) is 0. The molecule has 0 saturated carbocycles. The van der Waals surface area contributed by atoms with E-state index in [-0.39, 0.29) is 5.92 Å². The van der Waals surface area contributed by atoms with Crippen molar-refractivity contribution in [2.75, 3.05) is 40.4 Å². The van der Waals surface area contributed by atoms with Gasteiger partial charge in [0.25, 0.3) is 0 Å². The number of hydrogen-bond acceptors (Lipinski definition) is 3. The normalized spacial score (nSPS) is 16.7. The molecule has 0 unspecified atom stereocenters. The first-order valence-corrected chi connectivity index (χ1v) is 8.63. The quantitative estimate of drug-likeness (QED) is 0.656. The number of likely N-dealkylation sites (N-methyl/N-ethyl adjacent to an activating group) is 1. The molecule has 0 aromatic heterocycles. The fourth-order valence-corrected chi connectivity index (χ4v) is 3.10. The highest BCUT2D eigenvalue weighted by Crippen LogP contribution is 2.22. The maximum Gasteiger partial charge on any atom is 0.225 e. The van der Waals surface area contributed by atoms with Crippen molar-refractivity contribution >= 4 is 5.91 Å². The first kappa shape index (κ1) is 18.4. The lowest BCUT2D eigenvalue weighted by atomic mass is 9.95. The second-order valence-corrected chi connectivity index (χ2v) is 6.45. The van der Waals surface area contributed by atoms with Crippen LogP contribution >= 0.6 is 0 Å². The lowest BCUT2D eigenvalue weighted by Crippen LogP contribution is -2.48. The number of ether oxygens (including phenoxy) is 1. The predicted molar refractivity (Wildman–Crippen MR) is 87.4 cm³/mol. The van der Waals surface area contributed by atoms with Gasteiger partial charge in [-0.3, -0.25) is 4.79 Å². The van der Waals surface area contributed by atoms with E-state index in [0.29, 0.717) is 11.9 Å². The Morgan fingerprint density at radius 3 is 2.14 bits per heavy atom. The van der Waals surface area contributed by atoms with E-state index < -0.39 is 0 Å². The van der Waals surface area contributed by atoms with Crippen LogP contribution in [0.5, 0.6) is 0 Å². The second-order valence-electron chi connectivity index (χ2n) is 6.45. The van der Waals surface area contributed by atoms with Crippen molar-refractivity contribution in [3.05, 3.63) is 0 Å². The van der Waals surface area contributed by atoms with Crippen molar-refractivity contribution in [2.45, 2.75) is 58.4 Å². The van der Waals surface area contributed by atoms with Gasteiger partial charge in [0.15, 0.2) is 0 Å². The molecular weight excluding hydrogens is 264 g/mol. The van der Waals surface area contributed by atoms with Gasteiger partial charge in [-0.1, -0.05) is 26.7 Å². The molecule has 1 amide bonds. The van der Waals surface area contributed by atoms with E-state index in [2.05, 4.69) is 37.7 Å². The maximum atomic E-state index is 13.0. The molecular formula is C17H34N2O2. The van der Waals surface area contributed by atoms with Gasteiger partial charge in [0.1, 0.15) is 0 Å². The first-order chi connectivity index (χ1) is 10.1. The summed E-state index contributed by atoms with van der Waals surface area (Å²) in [7, 11) is 4.14. The molecule has 4 nitrogen and oxygen atoms in total. The van der Waals surface area contributed by atoms with Gasteiger partial charge in [-0.25, -0.2) is 0 Å². The highest BCUT2D eigenvalue weighted by molar-refractivity contribution is 5.79.